The summed E-state index contributed by atoms with van der Waals surface area (Å²) < 4.78 is 11.3. The first-order chi connectivity index (χ1) is 10.3. The van der Waals surface area contributed by atoms with E-state index in [9.17, 15) is 5.11 Å². The third kappa shape index (κ3) is 5.21. The van der Waals surface area contributed by atoms with Crippen LogP contribution in [0.2, 0.25) is 0 Å². The van der Waals surface area contributed by atoms with Gasteiger partial charge in [0.15, 0.2) is 11.5 Å². The predicted molar refractivity (Wildman–Crippen MR) is 84.0 cm³/mol. The van der Waals surface area contributed by atoms with E-state index in [-0.39, 0.29) is 12.1 Å². The molecule has 21 heavy (non-hydrogen) atoms. The molecule has 2 atom stereocenters. The highest BCUT2D eigenvalue weighted by atomic mass is 16.5. The van der Waals surface area contributed by atoms with Crippen LogP contribution in [0.15, 0.2) is 24.3 Å². The molecule has 0 aromatic heterocycles. The number of aliphatic hydroxyl groups is 1. The van der Waals surface area contributed by atoms with Gasteiger partial charge >= 0.3 is 0 Å². The molecule has 0 radical (unpaired) electrons. The van der Waals surface area contributed by atoms with Crippen molar-refractivity contribution in [3.63, 3.8) is 0 Å². The largest absolute Gasteiger partial charge is 0.490 e. The lowest BCUT2D eigenvalue weighted by atomic mass is 10.1. The molecule has 4 heteroatoms. The quantitative estimate of drug-likeness (QED) is 0.599. The average Bonchev–Trinajstić information content (AvgIpc) is 2.70. The SMILES string of the molecule is CCOc1ccccc1OCCNC1CCCCCC1O. The van der Waals surface area contributed by atoms with Crippen LogP contribution in [0.5, 0.6) is 11.5 Å². The van der Waals surface area contributed by atoms with Crippen LogP contribution in [0.25, 0.3) is 0 Å². The van der Waals surface area contributed by atoms with Crippen LogP contribution in [0.4, 0.5) is 0 Å². The normalized spacial score (nSPS) is 22.6. The van der Waals surface area contributed by atoms with Gasteiger partial charge in [-0.2, -0.15) is 0 Å². The monoisotopic (exact) mass is 293 g/mol. The van der Waals surface area contributed by atoms with Crippen molar-refractivity contribution in [1.29, 1.82) is 0 Å². The molecular weight excluding hydrogens is 266 g/mol. The maximum atomic E-state index is 10.1. The molecular formula is C17H27NO3. The van der Waals surface area contributed by atoms with E-state index in [4.69, 9.17) is 9.47 Å². The molecule has 2 unspecified atom stereocenters. The zero-order chi connectivity index (χ0) is 14.9. The van der Waals surface area contributed by atoms with Gasteiger partial charge < -0.3 is 19.9 Å². The fourth-order valence-electron chi connectivity index (χ4n) is 2.78. The highest BCUT2D eigenvalue weighted by Gasteiger charge is 2.20. The number of aliphatic hydroxyl groups excluding tert-OH is 1. The van der Waals surface area contributed by atoms with E-state index in [1.165, 1.54) is 12.8 Å². The first-order valence-corrected chi connectivity index (χ1v) is 8.07. The third-order valence-electron chi connectivity index (χ3n) is 3.89. The van der Waals surface area contributed by atoms with Crippen molar-refractivity contribution in [2.24, 2.45) is 0 Å². The molecule has 0 bridgehead atoms. The Morgan fingerprint density at radius 3 is 2.57 bits per heavy atom. The van der Waals surface area contributed by atoms with Crippen LogP contribution >= 0.6 is 0 Å². The lowest BCUT2D eigenvalue weighted by Gasteiger charge is -2.22. The molecule has 0 saturated heterocycles. The van der Waals surface area contributed by atoms with Gasteiger partial charge in [-0.25, -0.2) is 0 Å². The third-order valence-corrected chi connectivity index (χ3v) is 3.89. The molecule has 118 valence electrons. The summed E-state index contributed by atoms with van der Waals surface area (Å²) >= 11 is 0. The number of nitrogens with one attached hydrogen (secondary N) is 1. The molecule has 0 amide bonds. The summed E-state index contributed by atoms with van der Waals surface area (Å²) in [4.78, 5) is 0. The zero-order valence-electron chi connectivity index (χ0n) is 12.9. The summed E-state index contributed by atoms with van der Waals surface area (Å²) in [7, 11) is 0. The van der Waals surface area contributed by atoms with Crippen LogP contribution in [0.3, 0.4) is 0 Å². The minimum absolute atomic E-state index is 0.207. The molecule has 1 aromatic rings. The Labute approximate surface area is 127 Å². The topological polar surface area (TPSA) is 50.7 Å². The van der Waals surface area contributed by atoms with Crippen LogP contribution in [0.1, 0.15) is 39.0 Å². The van der Waals surface area contributed by atoms with Crippen molar-refractivity contribution in [3.05, 3.63) is 24.3 Å². The van der Waals surface area contributed by atoms with Crippen LogP contribution in [-0.2, 0) is 0 Å². The van der Waals surface area contributed by atoms with E-state index < -0.39 is 0 Å². The Balaban J connectivity index is 1.74. The van der Waals surface area contributed by atoms with Gasteiger partial charge in [-0.15, -0.1) is 0 Å². The van der Waals surface area contributed by atoms with E-state index in [0.717, 1.165) is 37.3 Å². The minimum Gasteiger partial charge on any atom is -0.490 e. The van der Waals surface area contributed by atoms with Gasteiger partial charge in [-0.05, 0) is 31.9 Å². The van der Waals surface area contributed by atoms with Crippen molar-refractivity contribution >= 4 is 0 Å². The Kier molecular flexibility index (Phi) is 6.83. The van der Waals surface area contributed by atoms with E-state index >= 15 is 0 Å². The van der Waals surface area contributed by atoms with Gasteiger partial charge in [0.2, 0.25) is 0 Å². The predicted octanol–water partition coefficient (Wildman–Crippen LogP) is 2.75. The number of hydrogen-bond acceptors (Lipinski definition) is 4. The van der Waals surface area contributed by atoms with E-state index in [2.05, 4.69) is 5.32 Å². The van der Waals surface area contributed by atoms with Crippen LogP contribution in [-0.4, -0.2) is 37.0 Å². The number of hydrogen-bond donors (Lipinski definition) is 2. The summed E-state index contributed by atoms with van der Waals surface area (Å²) in [6.07, 6.45) is 5.30. The Morgan fingerprint density at radius 2 is 1.81 bits per heavy atom. The Bertz CT molecular complexity index is 411. The second-order valence-corrected chi connectivity index (χ2v) is 5.49. The van der Waals surface area contributed by atoms with E-state index in [0.29, 0.717) is 13.2 Å². The molecule has 1 aliphatic rings. The summed E-state index contributed by atoms with van der Waals surface area (Å²) in [6.45, 7) is 3.91. The van der Waals surface area contributed by atoms with Crippen LogP contribution < -0.4 is 14.8 Å². The fourth-order valence-corrected chi connectivity index (χ4v) is 2.78. The van der Waals surface area contributed by atoms with Crippen molar-refractivity contribution in [2.45, 2.75) is 51.2 Å². The first kappa shape index (κ1) is 16.1. The minimum atomic E-state index is -0.219. The van der Waals surface area contributed by atoms with E-state index in [1.54, 1.807) is 0 Å². The summed E-state index contributed by atoms with van der Waals surface area (Å²) in [5.41, 5.74) is 0. The highest BCUT2D eigenvalue weighted by molar-refractivity contribution is 5.39. The van der Waals surface area contributed by atoms with Gasteiger partial charge in [0.1, 0.15) is 6.61 Å². The van der Waals surface area contributed by atoms with Gasteiger partial charge in [0.05, 0.1) is 12.7 Å². The Morgan fingerprint density at radius 1 is 1.10 bits per heavy atom. The zero-order valence-corrected chi connectivity index (χ0v) is 12.9. The summed E-state index contributed by atoms with van der Waals surface area (Å²) in [5.74, 6) is 1.57. The smallest absolute Gasteiger partial charge is 0.161 e. The summed E-state index contributed by atoms with van der Waals surface area (Å²) in [5, 5.41) is 13.5. The lowest BCUT2D eigenvalue weighted by Crippen LogP contribution is -2.41. The van der Waals surface area contributed by atoms with Crippen molar-refractivity contribution in [3.8, 4) is 11.5 Å². The second-order valence-electron chi connectivity index (χ2n) is 5.49. The molecule has 2 N–H and O–H groups in total. The first-order valence-electron chi connectivity index (χ1n) is 8.07. The van der Waals surface area contributed by atoms with Crippen molar-refractivity contribution in [1.82, 2.24) is 5.32 Å². The van der Waals surface area contributed by atoms with Gasteiger partial charge in [0, 0.05) is 12.6 Å². The molecule has 0 aliphatic heterocycles. The maximum absolute atomic E-state index is 10.1. The number of benzene rings is 1. The highest BCUT2D eigenvalue weighted by Crippen LogP contribution is 2.26. The number of rotatable bonds is 7. The number of ether oxygens (including phenoxy) is 2. The lowest BCUT2D eigenvalue weighted by molar-refractivity contribution is 0.117. The average molecular weight is 293 g/mol. The van der Waals surface area contributed by atoms with E-state index in [1.807, 2.05) is 31.2 Å². The molecule has 1 saturated carbocycles. The standard InChI is InChI=1S/C17H27NO3/c1-2-20-16-10-6-7-11-17(16)21-13-12-18-14-8-4-3-5-9-15(14)19/h6-7,10-11,14-15,18-19H,2-5,8-9,12-13H2,1H3. The molecule has 1 aromatic carbocycles. The molecule has 2 rings (SSSR count). The molecule has 1 aliphatic carbocycles. The molecule has 1 fully saturated rings. The molecule has 0 spiro atoms. The second kappa shape index (κ2) is 8.90. The molecule has 4 nitrogen and oxygen atoms in total. The maximum Gasteiger partial charge on any atom is 0.161 e. The Hall–Kier alpha value is -1.26. The molecule has 0 heterocycles. The fraction of sp³-hybridized carbons (Fsp3) is 0.647. The van der Waals surface area contributed by atoms with Crippen molar-refractivity contribution in [2.75, 3.05) is 19.8 Å². The summed E-state index contributed by atoms with van der Waals surface area (Å²) in [6, 6.07) is 7.93. The van der Waals surface area contributed by atoms with Gasteiger partial charge in [-0.1, -0.05) is 31.4 Å². The van der Waals surface area contributed by atoms with Crippen molar-refractivity contribution < 1.29 is 14.6 Å². The van der Waals surface area contributed by atoms with Crippen LogP contribution in [0, 0.1) is 0 Å². The van der Waals surface area contributed by atoms with Gasteiger partial charge in [0.25, 0.3) is 0 Å². The number of para-hydroxylation sites is 2. The van der Waals surface area contributed by atoms with Gasteiger partial charge in [-0.3, -0.25) is 0 Å².